The van der Waals surface area contributed by atoms with Gasteiger partial charge in [0.1, 0.15) is 16.9 Å². The highest BCUT2D eigenvalue weighted by Crippen LogP contribution is 2.30. The smallest absolute Gasteiger partial charge is 0.341 e. The highest BCUT2D eigenvalue weighted by Gasteiger charge is 2.28. The molecule has 0 spiro atoms. The molecule has 0 saturated carbocycles. The molecule has 0 atom stereocenters. The van der Waals surface area contributed by atoms with Crippen LogP contribution in [0.2, 0.25) is 0 Å². The van der Waals surface area contributed by atoms with Gasteiger partial charge in [-0.15, -0.1) is 0 Å². The van der Waals surface area contributed by atoms with Gasteiger partial charge < -0.3 is 15.3 Å². The Morgan fingerprint density at radius 1 is 0.971 bits per heavy atom. The standard InChI is InChI=1S/C26H25N5O3/c1-17-7-9-20(10-8-17)29-24-21(15-27-23-22(26(33)34)16-28-31(23)24)25(32)30-13-11-19(12-14-30)18-5-3-2-4-6-18/h2-10,15-16,19,29H,11-14H2,1H3,(H,33,34). The Morgan fingerprint density at radius 2 is 1.68 bits per heavy atom. The lowest BCUT2D eigenvalue weighted by molar-refractivity contribution is 0.0695. The number of fused-ring (bicyclic) bond motifs is 1. The number of carbonyl (C=O) groups is 2. The molecule has 1 amide bonds. The fraction of sp³-hybridized carbons (Fsp3) is 0.231. The molecule has 1 aliphatic rings. The van der Waals surface area contributed by atoms with Gasteiger partial charge in [0.15, 0.2) is 5.65 Å². The molecule has 3 heterocycles. The minimum absolute atomic E-state index is 0.0189. The summed E-state index contributed by atoms with van der Waals surface area (Å²) < 4.78 is 1.40. The number of likely N-dealkylation sites (tertiary alicyclic amines) is 1. The largest absolute Gasteiger partial charge is 0.477 e. The summed E-state index contributed by atoms with van der Waals surface area (Å²) in [7, 11) is 0. The lowest BCUT2D eigenvalue weighted by Gasteiger charge is -2.32. The molecule has 2 aromatic carbocycles. The van der Waals surface area contributed by atoms with Gasteiger partial charge in [0.05, 0.1) is 6.20 Å². The topological polar surface area (TPSA) is 99.8 Å². The maximum Gasteiger partial charge on any atom is 0.341 e. The first-order valence-corrected chi connectivity index (χ1v) is 11.3. The second-order valence-corrected chi connectivity index (χ2v) is 8.59. The summed E-state index contributed by atoms with van der Waals surface area (Å²) in [6.45, 7) is 3.27. The van der Waals surface area contributed by atoms with Crippen LogP contribution in [0.4, 0.5) is 11.5 Å². The van der Waals surface area contributed by atoms with Crippen LogP contribution in [0, 0.1) is 6.92 Å². The van der Waals surface area contributed by atoms with Crippen molar-refractivity contribution < 1.29 is 14.7 Å². The van der Waals surface area contributed by atoms with Crippen molar-refractivity contribution >= 4 is 29.0 Å². The summed E-state index contributed by atoms with van der Waals surface area (Å²) >= 11 is 0. The number of nitrogens with one attached hydrogen (secondary N) is 1. The predicted molar refractivity (Wildman–Crippen MR) is 129 cm³/mol. The number of piperidine rings is 1. The lowest BCUT2D eigenvalue weighted by atomic mass is 9.89. The summed E-state index contributed by atoms with van der Waals surface area (Å²) in [6, 6.07) is 18.1. The molecule has 8 nitrogen and oxygen atoms in total. The van der Waals surface area contributed by atoms with E-state index >= 15 is 0 Å². The van der Waals surface area contributed by atoms with Gasteiger partial charge in [-0.3, -0.25) is 4.79 Å². The molecule has 2 N–H and O–H groups in total. The number of hydrogen-bond donors (Lipinski definition) is 2. The molecule has 0 bridgehead atoms. The summed E-state index contributed by atoms with van der Waals surface area (Å²) in [6.07, 6.45) is 4.48. The van der Waals surface area contributed by atoms with Crippen molar-refractivity contribution in [2.75, 3.05) is 18.4 Å². The lowest BCUT2D eigenvalue weighted by Crippen LogP contribution is -2.38. The highest BCUT2D eigenvalue weighted by molar-refractivity contribution is 6.01. The van der Waals surface area contributed by atoms with Gasteiger partial charge in [0.25, 0.3) is 5.91 Å². The van der Waals surface area contributed by atoms with E-state index in [4.69, 9.17) is 0 Å². The van der Waals surface area contributed by atoms with Crippen LogP contribution in [0.1, 0.15) is 50.6 Å². The van der Waals surface area contributed by atoms with Gasteiger partial charge in [0, 0.05) is 25.0 Å². The Kier molecular flexibility index (Phi) is 5.71. The van der Waals surface area contributed by atoms with Crippen LogP contribution in [0.5, 0.6) is 0 Å². The van der Waals surface area contributed by atoms with Crippen molar-refractivity contribution in [3.05, 3.63) is 89.2 Å². The first-order valence-electron chi connectivity index (χ1n) is 11.3. The van der Waals surface area contributed by atoms with Crippen molar-refractivity contribution in [2.45, 2.75) is 25.7 Å². The van der Waals surface area contributed by atoms with Crippen molar-refractivity contribution in [3.8, 4) is 0 Å². The minimum atomic E-state index is -1.12. The fourth-order valence-electron chi connectivity index (χ4n) is 4.44. The Bertz CT molecular complexity index is 1340. The Hall–Kier alpha value is -4.20. The second-order valence-electron chi connectivity index (χ2n) is 8.59. The van der Waals surface area contributed by atoms with Crippen LogP contribution in [0.15, 0.2) is 67.0 Å². The summed E-state index contributed by atoms with van der Waals surface area (Å²) in [4.78, 5) is 31.3. The van der Waals surface area contributed by atoms with Crippen LogP contribution in [0.3, 0.4) is 0 Å². The summed E-state index contributed by atoms with van der Waals surface area (Å²) in [5.74, 6) is -0.439. The second kappa shape index (κ2) is 8.97. The third kappa shape index (κ3) is 4.10. The van der Waals surface area contributed by atoms with E-state index in [1.807, 2.05) is 54.3 Å². The molecule has 0 unspecified atom stereocenters. The van der Waals surface area contributed by atoms with Crippen molar-refractivity contribution in [1.29, 1.82) is 0 Å². The fourth-order valence-corrected chi connectivity index (χ4v) is 4.44. The minimum Gasteiger partial charge on any atom is -0.477 e. The number of carbonyl (C=O) groups excluding carboxylic acids is 1. The third-order valence-electron chi connectivity index (χ3n) is 6.35. The van der Waals surface area contributed by atoms with Gasteiger partial charge >= 0.3 is 5.97 Å². The summed E-state index contributed by atoms with van der Waals surface area (Å²) in [5, 5.41) is 17.0. The number of aromatic carboxylic acids is 1. The Morgan fingerprint density at radius 3 is 2.35 bits per heavy atom. The number of carboxylic acid groups (broad SMARTS) is 1. The number of nitrogens with zero attached hydrogens (tertiary/aromatic N) is 4. The van der Waals surface area contributed by atoms with Gasteiger partial charge in [-0.2, -0.15) is 9.61 Å². The van der Waals surface area contributed by atoms with Crippen LogP contribution in [-0.4, -0.2) is 49.6 Å². The number of anilines is 2. The zero-order valence-electron chi connectivity index (χ0n) is 18.8. The molecule has 4 aromatic rings. The molecule has 2 aromatic heterocycles. The van der Waals surface area contributed by atoms with E-state index in [9.17, 15) is 14.7 Å². The van der Waals surface area contributed by atoms with Gasteiger partial charge in [-0.25, -0.2) is 9.78 Å². The molecule has 5 rings (SSSR count). The van der Waals surface area contributed by atoms with E-state index in [0.717, 1.165) is 24.1 Å². The monoisotopic (exact) mass is 455 g/mol. The van der Waals surface area contributed by atoms with Gasteiger partial charge in [-0.1, -0.05) is 48.0 Å². The zero-order chi connectivity index (χ0) is 23.7. The van der Waals surface area contributed by atoms with Crippen LogP contribution in [-0.2, 0) is 0 Å². The van der Waals surface area contributed by atoms with E-state index in [1.54, 1.807) is 0 Å². The molecule has 0 radical (unpaired) electrons. The van der Waals surface area contributed by atoms with Crippen molar-refractivity contribution in [3.63, 3.8) is 0 Å². The average Bonchev–Trinajstić information content (AvgIpc) is 3.31. The van der Waals surface area contributed by atoms with Crippen LogP contribution >= 0.6 is 0 Å². The molecule has 8 heteroatoms. The number of benzene rings is 2. The normalized spacial score (nSPS) is 14.3. The molecular formula is C26H25N5O3. The van der Waals surface area contributed by atoms with Crippen LogP contribution in [0.25, 0.3) is 5.65 Å². The number of amides is 1. The number of aromatic nitrogens is 3. The molecule has 34 heavy (non-hydrogen) atoms. The molecule has 0 aliphatic carbocycles. The van der Waals surface area contributed by atoms with E-state index in [1.165, 1.54) is 22.5 Å². The number of rotatable bonds is 5. The quantitative estimate of drug-likeness (QED) is 0.460. The van der Waals surface area contributed by atoms with E-state index in [2.05, 4.69) is 27.5 Å². The first kappa shape index (κ1) is 21.6. The number of aryl methyl sites for hydroxylation is 1. The molecular weight excluding hydrogens is 430 g/mol. The van der Waals surface area contributed by atoms with E-state index < -0.39 is 5.97 Å². The number of carboxylic acids is 1. The van der Waals surface area contributed by atoms with Crippen molar-refractivity contribution in [1.82, 2.24) is 19.5 Å². The molecule has 1 aliphatic heterocycles. The van der Waals surface area contributed by atoms with Gasteiger partial charge in [-0.05, 0) is 43.4 Å². The molecule has 1 saturated heterocycles. The third-order valence-corrected chi connectivity index (χ3v) is 6.35. The zero-order valence-corrected chi connectivity index (χ0v) is 18.8. The van der Waals surface area contributed by atoms with Gasteiger partial charge in [0.2, 0.25) is 0 Å². The molecule has 1 fully saturated rings. The maximum absolute atomic E-state index is 13.6. The Labute approximate surface area is 196 Å². The molecule has 172 valence electrons. The SMILES string of the molecule is Cc1ccc(Nc2c(C(=O)N3CCC(c4ccccc4)CC3)cnc3c(C(=O)O)cnn23)cc1. The first-order chi connectivity index (χ1) is 16.5. The number of hydrogen-bond acceptors (Lipinski definition) is 5. The van der Waals surface area contributed by atoms with E-state index in [-0.39, 0.29) is 17.1 Å². The highest BCUT2D eigenvalue weighted by atomic mass is 16.4. The maximum atomic E-state index is 13.6. The van der Waals surface area contributed by atoms with Crippen molar-refractivity contribution in [2.24, 2.45) is 0 Å². The van der Waals surface area contributed by atoms with E-state index in [0.29, 0.717) is 30.4 Å². The summed E-state index contributed by atoms with van der Waals surface area (Å²) in [5.41, 5.74) is 3.69. The van der Waals surface area contributed by atoms with Crippen LogP contribution < -0.4 is 5.32 Å². The predicted octanol–water partition coefficient (Wildman–Crippen LogP) is 4.50. The average molecular weight is 456 g/mol. The Balaban J connectivity index is 1.46.